The van der Waals surface area contributed by atoms with E-state index in [9.17, 15) is 0 Å². The summed E-state index contributed by atoms with van der Waals surface area (Å²) >= 11 is 0. The molecule has 1 aromatic carbocycles. The van der Waals surface area contributed by atoms with Gasteiger partial charge in [0.1, 0.15) is 0 Å². The summed E-state index contributed by atoms with van der Waals surface area (Å²) in [5, 5.41) is 2.19. The maximum absolute atomic E-state index is 2.20. The average molecular weight is 184 g/mol. The Morgan fingerprint density at radius 1 is 1.07 bits per heavy atom. The maximum atomic E-state index is 2.20. The molecule has 0 atom stereocenters. The van der Waals surface area contributed by atoms with Crippen molar-refractivity contribution in [3.63, 3.8) is 0 Å². The summed E-state index contributed by atoms with van der Waals surface area (Å²) < 4.78 is 2.20. The van der Waals surface area contributed by atoms with Crippen LogP contribution in [-0.2, 0) is 6.42 Å². The molecule has 0 fully saturated rings. The Labute approximate surface area is 83.4 Å². The number of fused-ring (bicyclic) bond motifs is 2. The summed E-state index contributed by atoms with van der Waals surface area (Å²) in [7, 11) is 2.10. The zero-order chi connectivity index (χ0) is 9.54. The van der Waals surface area contributed by atoms with E-state index in [1.807, 2.05) is 0 Å². The van der Waals surface area contributed by atoms with Gasteiger partial charge in [-0.3, -0.25) is 9.69 Å². The maximum Gasteiger partial charge on any atom is 0.0610 e. The van der Waals surface area contributed by atoms with Crippen LogP contribution in [0.2, 0.25) is 0 Å². The van der Waals surface area contributed by atoms with Crippen molar-refractivity contribution in [1.82, 2.24) is 4.68 Å². The minimum atomic E-state index is 1.04. The van der Waals surface area contributed by atoms with Crippen molar-refractivity contribution in [3.8, 4) is 0 Å². The Morgan fingerprint density at radius 3 is 2.86 bits per heavy atom. The second-order valence-corrected chi connectivity index (χ2v) is 3.67. The number of para-hydroxylation sites is 1. The van der Waals surface area contributed by atoms with E-state index in [-0.39, 0.29) is 0 Å². The number of anilines is 1. The van der Waals surface area contributed by atoms with Crippen LogP contribution in [-0.4, -0.2) is 11.7 Å². The van der Waals surface area contributed by atoms with Gasteiger partial charge < -0.3 is 0 Å². The highest BCUT2D eigenvalue weighted by Crippen LogP contribution is 2.28. The first-order chi connectivity index (χ1) is 6.86. The molecule has 2 nitrogen and oxygen atoms in total. The van der Waals surface area contributed by atoms with Gasteiger partial charge >= 0.3 is 0 Å². The van der Waals surface area contributed by atoms with E-state index in [0.717, 1.165) is 6.42 Å². The second-order valence-electron chi connectivity index (χ2n) is 3.67. The van der Waals surface area contributed by atoms with E-state index in [1.54, 1.807) is 0 Å². The summed E-state index contributed by atoms with van der Waals surface area (Å²) in [6.07, 6.45) is 3.14. The van der Waals surface area contributed by atoms with Gasteiger partial charge in [0.2, 0.25) is 0 Å². The fourth-order valence-electron chi connectivity index (χ4n) is 2.13. The fraction of sp³-hybridized carbons (Fsp3) is 0.167. The molecule has 0 saturated carbocycles. The number of nitrogens with zero attached hydrogens (tertiary/aromatic N) is 2. The van der Waals surface area contributed by atoms with Crippen molar-refractivity contribution in [1.29, 1.82) is 0 Å². The molecular weight excluding hydrogens is 172 g/mol. The lowest BCUT2D eigenvalue weighted by molar-refractivity contribution is 0.710. The number of benzene rings is 1. The van der Waals surface area contributed by atoms with E-state index < -0.39 is 0 Å². The van der Waals surface area contributed by atoms with Crippen LogP contribution in [0.5, 0.6) is 0 Å². The molecule has 1 aromatic heterocycles. The minimum Gasteiger partial charge on any atom is -0.284 e. The first kappa shape index (κ1) is 7.68. The predicted octanol–water partition coefficient (Wildman–Crippen LogP) is 2.29. The molecule has 0 amide bonds. The highest BCUT2D eigenvalue weighted by atomic mass is 15.5. The molecule has 1 aliphatic rings. The Hall–Kier alpha value is -1.70. The zero-order valence-electron chi connectivity index (χ0n) is 8.14. The molecule has 0 saturated heterocycles. The third-order valence-electron chi connectivity index (χ3n) is 2.85. The first-order valence-electron chi connectivity index (χ1n) is 4.84. The normalized spacial score (nSPS) is 13.6. The van der Waals surface area contributed by atoms with Crippen LogP contribution < -0.4 is 5.01 Å². The molecule has 14 heavy (non-hydrogen) atoms. The van der Waals surface area contributed by atoms with Gasteiger partial charge in [-0.05, 0) is 23.8 Å². The second kappa shape index (κ2) is 2.64. The summed E-state index contributed by atoms with van der Waals surface area (Å²) in [5.74, 6) is 0. The number of hydrogen-bond donors (Lipinski definition) is 0. The largest absolute Gasteiger partial charge is 0.284 e. The molecule has 3 rings (SSSR count). The molecule has 2 heteroatoms. The van der Waals surface area contributed by atoms with E-state index in [1.165, 1.54) is 16.9 Å². The zero-order valence-corrected chi connectivity index (χ0v) is 8.14. The van der Waals surface area contributed by atoms with Crippen LogP contribution in [0.4, 0.5) is 5.69 Å². The summed E-state index contributed by atoms with van der Waals surface area (Å²) in [6.45, 7) is 0. The SMILES string of the molecule is CN1c2ccccc2Cc2cccn21. The van der Waals surface area contributed by atoms with Crippen molar-refractivity contribution >= 4 is 5.69 Å². The van der Waals surface area contributed by atoms with Crippen LogP contribution >= 0.6 is 0 Å². The Morgan fingerprint density at radius 2 is 1.93 bits per heavy atom. The van der Waals surface area contributed by atoms with Crippen molar-refractivity contribution in [2.24, 2.45) is 0 Å². The molecule has 2 aromatic rings. The van der Waals surface area contributed by atoms with Gasteiger partial charge in [-0.1, -0.05) is 18.2 Å². The van der Waals surface area contributed by atoms with Gasteiger partial charge in [-0.25, -0.2) is 0 Å². The van der Waals surface area contributed by atoms with Gasteiger partial charge in [0.15, 0.2) is 0 Å². The summed E-state index contributed by atoms with van der Waals surface area (Å²) in [4.78, 5) is 0. The molecule has 0 bridgehead atoms. The van der Waals surface area contributed by atoms with Gasteiger partial charge in [-0.15, -0.1) is 0 Å². The standard InChI is InChI=1S/C12H12N2/c1-13-12-7-3-2-5-10(12)9-11-6-4-8-14(11)13/h2-8H,9H2,1H3. The van der Waals surface area contributed by atoms with Crippen LogP contribution in [0.25, 0.3) is 0 Å². The highest BCUT2D eigenvalue weighted by molar-refractivity contribution is 5.56. The van der Waals surface area contributed by atoms with Crippen molar-refractivity contribution < 1.29 is 0 Å². The van der Waals surface area contributed by atoms with E-state index in [0.29, 0.717) is 0 Å². The topological polar surface area (TPSA) is 8.17 Å². The minimum absolute atomic E-state index is 1.04. The molecule has 2 heterocycles. The van der Waals surface area contributed by atoms with Crippen LogP contribution in [0.1, 0.15) is 11.3 Å². The number of hydrogen-bond acceptors (Lipinski definition) is 1. The number of rotatable bonds is 0. The first-order valence-corrected chi connectivity index (χ1v) is 4.84. The Balaban J connectivity index is 2.20. The van der Waals surface area contributed by atoms with E-state index in [2.05, 4.69) is 59.3 Å². The Kier molecular flexibility index (Phi) is 1.45. The van der Waals surface area contributed by atoms with Gasteiger partial charge in [0.25, 0.3) is 0 Å². The molecule has 0 aliphatic carbocycles. The molecule has 70 valence electrons. The summed E-state index contributed by atoms with van der Waals surface area (Å²) in [6, 6.07) is 12.8. The number of aromatic nitrogens is 1. The lowest BCUT2D eigenvalue weighted by Gasteiger charge is -2.30. The monoisotopic (exact) mass is 184 g/mol. The average Bonchev–Trinajstić information content (AvgIpc) is 2.66. The predicted molar refractivity (Wildman–Crippen MR) is 57.5 cm³/mol. The van der Waals surface area contributed by atoms with Crippen LogP contribution in [0.3, 0.4) is 0 Å². The van der Waals surface area contributed by atoms with Crippen molar-refractivity contribution in [3.05, 3.63) is 53.9 Å². The third-order valence-corrected chi connectivity index (χ3v) is 2.85. The van der Waals surface area contributed by atoms with Gasteiger partial charge in [0, 0.05) is 25.4 Å². The molecule has 0 unspecified atom stereocenters. The van der Waals surface area contributed by atoms with Gasteiger partial charge in [-0.2, -0.15) is 0 Å². The van der Waals surface area contributed by atoms with Crippen molar-refractivity contribution in [2.75, 3.05) is 12.1 Å². The van der Waals surface area contributed by atoms with E-state index in [4.69, 9.17) is 0 Å². The van der Waals surface area contributed by atoms with Crippen molar-refractivity contribution in [2.45, 2.75) is 6.42 Å². The van der Waals surface area contributed by atoms with Crippen LogP contribution in [0, 0.1) is 0 Å². The summed E-state index contributed by atoms with van der Waals surface area (Å²) in [5.41, 5.74) is 4.06. The molecule has 0 N–H and O–H groups in total. The molecule has 0 radical (unpaired) electrons. The molecular formula is C12H12N2. The smallest absolute Gasteiger partial charge is 0.0610 e. The highest BCUT2D eigenvalue weighted by Gasteiger charge is 2.17. The molecule has 1 aliphatic heterocycles. The third kappa shape index (κ3) is 0.909. The van der Waals surface area contributed by atoms with Crippen LogP contribution in [0.15, 0.2) is 42.6 Å². The quantitative estimate of drug-likeness (QED) is 0.610. The van der Waals surface area contributed by atoms with Gasteiger partial charge in [0.05, 0.1) is 5.69 Å². The lowest BCUT2D eigenvalue weighted by atomic mass is 10.1. The lowest BCUT2D eigenvalue weighted by Crippen LogP contribution is -2.30. The molecule has 0 spiro atoms. The Bertz CT molecular complexity index is 471. The fourth-order valence-corrected chi connectivity index (χ4v) is 2.13. The van der Waals surface area contributed by atoms with E-state index >= 15 is 0 Å².